The lowest BCUT2D eigenvalue weighted by molar-refractivity contribution is -0.151. The molecule has 5 atom stereocenters. The molecule has 3 heteroatoms. The second-order valence-corrected chi connectivity index (χ2v) is 8.85. The van der Waals surface area contributed by atoms with Crippen molar-refractivity contribution in [2.24, 2.45) is 28.6 Å². The Kier molecular flexibility index (Phi) is 3.63. The normalized spacial score (nSPS) is 44.7. The predicted molar refractivity (Wildman–Crippen MR) is 91.3 cm³/mol. The topological polar surface area (TPSA) is 51.2 Å². The number of fused-ring (bicyclic) bond motifs is 5. The summed E-state index contributed by atoms with van der Waals surface area (Å²) in [5.41, 5.74) is 0.760. The van der Waals surface area contributed by atoms with E-state index in [0.29, 0.717) is 42.7 Å². The van der Waals surface area contributed by atoms with Gasteiger partial charge in [0, 0.05) is 36.0 Å². The smallest absolute Gasteiger partial charge is 0.155 e. The summed E-state index contributed by atoms with van der Waals surface area (Å²) >= 11 is 0. The molecule has 0 aromatic carbocycles. The first-order valence-corrected chi connectivity index (χ1v) is 9.72. The van der Waals surface area contributed by atoms with E-state index in [0.717, 1.165) is 38.5 Å². The van der Waals surface area contributed by atoms with Gasteiger partial charge >= 0.3 is 0 Å². The molecular weight excluding hydrogens is 300 g/mol. The molecular formula is C21H28O3. The minimum Gasteiger partial charge on any atom is -0.299 e. The van der Waals surface area contributed by atoms with Crippen LogP contribution in [-0.2, 0) is 14.4 Å². The Labute approximate surface area is 144 Å². The average molecular weight is 328 g/mol. The van der Waals surface area contributed by atoms with Crippen LogP contribution < -0.4 is 0 Å². The molecule has 3 nitrogen and oxygen atoms in total. The number of hydrogen-bond donors (Lipinski definition) is 0. The van der Waals surface area contributed by atoms with E-state index in [1.807, 2.05) is 13.0 Å². The molecule has 0 N–H and O–H groups in total. The van der Waals surface area contributed by atoms with Crippen molar-refractivity contribution in [2.45, 2.75) is 71.6 Å². The van der Waals surface area contributed by atoms with Gasteiger partial charge in [-0.05, 0) is 50.0 Å². The minimum atomic E-state index is -0.405. The van der Waals surface area contributed by atoms with E-state index in [2.05, 4.69) is 6.92 Å². The van der Waals surface area contributed by atoms with E-state index in [4.69, 9.17) is 0 Å². The molecule has 0 unspecified atom stereocenters. The third-order valence-electron chi connectivity index (χ3n) is 7.80. The maximum absolute atomic E-state index is 13.3. The largest absolute Gasteiger partial charge is 0.299 e. The van der Waals surface area contributed by atoms with E-state index < -0.39 is 5.41 Å². The van der Waals surface area contributed by atoms with E-state index in [-0.39, 0.29) is 17.1 Å². The number of allylic oxidation sites excluding steroid dienone is 1. The SMILES string of the molecule is CCC[C@]12CCC(=O)C=C1CC[C@@H]1[C@@H]2C(=O)C[C@]2(C)C(=O)CC[C@@H]12. The number of carbonyl (C=O) groups is 3. The molecule has 0 heterocycles. The van der Waals surface area contributed by atoms with Crippen molar-refractivity contribution in [3.05, 3.63) is 11.6 Å². The van der Waals surface area contributed by atoms with Crippen molar-refractivity contribution < 1.29 is 14.4 Å². The van der Waals surface area contributed by atoms with Crippen LogP contribution in [0.4, 0.5) is 0 Å². The molecule has 4 aliphatic rings. The van der Waals surface area contributed by atoms with Crippen LogP contribution in [-0.4, -0.2) is 17.3 Å². The Hall–Kier alpha value is -1.25. The van der Waals surface area contributed by atoms with Gasteiger partial charge in [0.15, 0.2) is 5.78 Å². The molecule has 0 aliphatic heterocycles. The van der Waals surface area contributed by atoms with Crippen molar-refractivity contribution >= 4 is 17.3 Å². The molecule has 0 saturated heterocycles. The van der Waals surface area contributed by atoms with Crippen LogP contribution in [0, 0.1) is 28.6 Å². The van der Waals surface area contributed by atoms with Gasteiger partial charge in [0.2, 0.25) is 0 Å². The average Bonchev–Trinajstić information content (AvgIpc) is 2.83. The highest BCUT2D eigenvalue weighted by molar-refractivity contribution is 5.96. The van der Waals surface area contributed by atoms with Crippen molar-refractivity contribution in [1.82, 2.24) is 0 Å². The van der Waals surface area contributed by atoms with E-state index in [1.165, 1.54) is 5.57 Å². The van der Waals surface area contributed by atoms with Crippen molar-refractivity contribution in [1.29, 1.82) is 0 Å². The summed E-state index contributed by atoms with van der Waals surface area (Å²) in [6.07, 6.45) is 9.33. The highest BCUT2D eigenvalue weighted by atomic mass is 16.1. The molecule has 0 spiro atoms. The molecule has 24 heavy (non-hydrogen) atoms. The molecule has 0 aromatic rings. The Morgan fingerprint density at radius 2 is 1.92 bits per heavy atom. The van der Waals surface area contributed by atoms with E-state index >= 15 is 0 Å². The quantitative estimate of drug-likeness (QED) is 0.768. The van der Waals surface area contributed by atoms with Gasteiger partial charge in [-0.2, -0.15) is 0 Å². The Balaban J connectivity index is 1.79. The lowest BCUT2D eigenvalue weighted by atomic mass is 9.45. The molecule has 3 saturated carbocycles. The van der Waals surface area contributed by atoms with Crippen LogP contribution >= 0.6 is 0 Å². The fourth-order valence-corrected chi connectivity index (χ4v) is 6.85. The third-order valence-corrected chi connectivity index (χ3v) is 7.80. The fourth-order valence-electron chi connectivity index (χ4n) is 6.85. The number of carbonyl (C=O) groups excluding carboxylic acids is 3. The first-order chi connectivity index (χ1) is 11.4. The molecule has 0 amide bonds. The van der Waals surface area contributed by atoms with Gasteiger partial charge in [-0.1, -0.05) is 25.8 Å². The Bertz CT molecular complexity index is 645. The van der Waals surface area contributed by atoms with Crippen LogP contribution in [0.5, 0.6) is 0 Å². The summed E-state index contributed by atoms with van der Waals surface area (Å²) in [5, 5.41) is 0. The van der Waals surface area contributed by atoms with Crippen molar-refractivity contribution in [3.8, 4) is 0 Å². The van der Waals surface area contributed by atoms with Gasteiger partial charge in [-0.3, -0.25) is 14.4 Å². The molecule has 0 aromatic heterocycles. The van der Waals surface area contributed by atoms with Crippen LogP contribution in [0.15, 0.2) is 11.6 Å². The van der Waals surface area contributed by atoms with Crippen LogP contribution in [0.2, 0.25) is 0 Å². The van der Waals surface area contributed by atoms with Crippen LogP contribution in [0.1, 0.15) is 71.6 Å². The highest BCUT2D eigenvalue weighted by Crippen LogP contribution is 2.64. The molecule has 130 valence electrons. The summed E-state index contributed by atoms with van der Waals surface area (Å²) in [5.74, 6) is 1.63. The summed E-state index contributed by atoms with van der Waals surface area (Å²) in [6, 6.07) is 0. The maximum atomic E-state index is 13.3. The van der Waals surface area contributed by atoms with Gasteiger partial charge in [-0.15, -0.1) is 0 Å². The van der Waals surface area contributed by atoms with E-state index in [1.54, 1.807) is 0 Å². The Morgan fingerprint density at radius 3 is 2.67 bits per heavy atom. The summed E-state index contributed by atoms with van der Waals surface area (Å²) in [6.45, 7) is 4.23. The van der Waals surface area contributed by atoms with Gasteiger partial charge < -0.3 is 0 Å². The van der Waals surface area contributed by atoms with Gasteiger partial charge in [0.1, 0.15) is 11.6 Å². The Morgan fingerprint density at radius 1 is 1.12 bits per heavy atom. The second kappa shape index (κ2) is 5.37. The van der Waals surface area contributed by atoms with Gasteiger partial charge in [0.25, 0.3) is 0 Å². The van der Waals surface area contributed by atoms with Crippen molar-refractivity contribution in [2.75, 3.05) is 0 Å². The maximum Gasteiger partial charge on any atom is 0.155 e. The monoisotopic (exact) mass is 328 g/mol. The number of hydrogen-bond acceptors (Lipinski definition) is 3. The first kappa shape index (κ1) is 16.2. The fraction of sp³-hybridized carbons (Fsp3) is 0.762. The second-order valence-electron chi connectivity index (χ2n) is 8.85. The molecule has 0 radical (unpaired) electrons. The molecule has 3 fully saturated rings. The number of ketones is 3. The molecule has 4 rings (SSSR count). The molecule has 4 aliphatic carbocycles. The minimum absolute atomic E-state index is 0.0505. The predicted octanol–water partition coefficient (Wildman–Crippen LogP) is 4.05. The summed E-state index contributed by atoms with van der Waals surface area (Å²) in [4.78, 5) is 37.7. The van der Waals surface area contributed by atoms with Crippen LogP contribution in [0.25, 0.3) is 0 Å². The standard InChI is InChI=1S/C21H28O3/c1-3-9-21-10-8-14(22)11-13(21)4-5-15-16-6-7-18(24)20(16,2)12-17(23)19(15)21/h11,15-16,19H,3-10,12H2,1-2H3/t15-,16-,19+,20-,21-/m0/s1. The number of Topliss-reactive ketones (excluding diaryl/α,β-unsaturated/α-hetero) is 2. The zero-order chi connectivity index (χ0) is 17.1. The lowest BCUT2D eigenvalue weighted by Gasteiger charge is -2.57. The third kappa shape index (κ3) is 1.99. The molecule has 0 bridgehead atoms. The van der Waals surface area contributed by atoms with Gasteiger partial charge in [-0.25, -0.2) is 0 Å². The summed E-state index contributed by atoms with van der Waals surface area (Å²) in [7, 11) is 0. The number of rotatable bonds is 2. The lowest BCUT2D eigenvalue weighted by Crippen LogP contribution is -2.55. The zero-order valence-electron chi connectivity index (χ0n) is 14.9. The first-order valence-electron chi connectivity index (χ1n) is 9.72. The summed E-state index contributed by atoms with van der Waals surface area (Å²) < 4.78 is 0. The van der Waals surface area contributed by atoms with Gasteiger partial charge in [0.05, 0.1) is 0 Å². The van der Waals surface area contributed by atoms with E-state index in [9.17, 15) is 14.4 Å². The highest BCUT2D eigenvalue weighted by Gasteiger charge is 2.62. The van der Waals surface area contributed by atoms with Crippen LogP contribution in [0.3, 0.4) is 0 Å². The zero-order valence-corrected chi connectivity index (χ0v) is 14.9. The van der Waals surface area contributed by atoms with Crippen molar-refractivity contribution in [3.63, 3.8) is 0 Å².